The molecule has 1 rings (SSSR count). The molecule has 0 saturated carbocycles. The molecule has 0 amide bonds. The van der Waals surface area contributed by atoms with Gasteiger partial charge in [0.2, 0.25) is 0 Å². The summed E-state index contributed by atoms with van der Waals surface area (Å²) in [5.74, 6) is -10.4. The van der Waals surface area contributed by atoms with Crippen LogP contribution in [-0.4, -0.2) is 11.1 Å². The van der Waals surface area contributed by atoms with Gasteiger partial charge in [-0.25, -0.2) is 13.6 Å². The number of rotatable bonds is 2. The van der Waals surface area contributed by atoms with Gasteiger partial charge in [-0.05, 0) is 28.1 Å². The molecule has 15 heavy (non-hydrogen) atoms. The number of aliphatic carboxylic acids is 1. The molecule has 0 aromatic heterocycles. The summed E-state index contributed by atoms with van der Waals surface area (Å²) in [5.41, 5.74) is -1.50. The van der Waals surface area contributed by atoms with Crippen molar-refractivity contribution in [2.75, 3.05) is 0 Å². The van der Waals surface area contributed by atoms with E-state index in [9.17, 15) is 22.4 Å². The second kappa shape index (κ2) is 3.80. The molecule has 0 atom stereocenters. The van der Waals surface area contributed by atoms with Crippen molar-refractivity contribution in [3.8, 4) is 0 Å². The Balaban J connectivity index is 3.40. The summed E-state index contributed by atoms with van der Waals surface area (Å²) in [4.78, 5) is 10.1. The van der Waals surface area contributed by atoms with Crippen LogP contribution in [-0.2, 0) is 10.7 Å². The van der Waals surface area contributed by atoms with Crippen LogP contribution < -0.4 is 0 Å². The highest BCUT2D eigenvalue weighted by Crippen LogP contribution is 2.33. The van der Waals surface area contributed by atoms with Gasteiger partial charge in [-0.2, -0.15) is 8.78 Å². The van der Waals surface area contributed by atoms with Crippen molar-refractivity contribution in [1.29, 1.82) is 0 Å². The number of hydrogen-bond donors (Lipinski definition) is 1. The fourth-order valence-electron chi connectivity index (χ4n) is 0.884. The van der Waals surface area contributed by atoms with E-state index >= 15 is 0 Å². The molecule has 0 aliphatic carbocycles. The zero-order valence-electron chi connectivity index (χ0n) is 6.90. The molecule has 0 spiro atoms. The van der Waals surface area contributed by atoms with Gasteiger partial charge in [0, 0.05) is 0 Å². The lowest BCUT2D eigenvalue weighted by Crippen LogP contribution is -2.27. The molecular weight excluding hydrogens is 284 g/mol. The van der Waals surface area contributed by atoms with Gasteiger partial charge in [-0.1, -0.05) is 0 Å². The number of halogens is 5. The van der Waals surface area contributed by atoms with E-state index in [0.717, 1.165) is 6.07 Å². The van der Waals surface area contributed by atoms with Gasteiger partial charge in [0.05, 0.1) is 10.0 Å². The van der Waals surface area contributed by atoms with Gasteiger partial charge in [0.25, 0.3) is 0 Å². The third-order valence-electron chi connectivity index (χ3n) is 1.64. The van der Waals surface area contributed by atoms with Crippen LogP contribution >= 0.6 is 15.9 Å². The molecule has 0 aliphatic rings. The Morgan fingerprint density at radius 1 is 1.27 bits per heavy atom. The molecule has 0 unspecified atom stereocenters. The minimum Gasteiger partial charge on any atom is -0.477 e. The molecule has 1 aromatic rings. The van der Waals surface area contributed by atoms with Crippen LogP contribution in [0.1, 0.15) is 5.56 Å². The average Bonchev–Trinajstić information content (AvgIpc) is 2.13. The largest absolute Gasteiger partial charge is 0.477 e. The van der Waals surface area contributed by atoms with Gasteiger partial charge in [-0.3, -0.25) is 0 Å². The van der Waals surface area contributed by atoms with Crippen molar-refractivity contribution in [1.82, 2.24) is 0 Å². The van der Waals surface area contributed by atoms with E-state index in [0.29, 0.717) is 6.07 Å². The second-order valence-corrected chi connectivity index (χ2v) is 3.46. The summed E-state index contributed by atoms with van der Waals surface area (Å²) < 4.78 is 51.1. The standard InChI is InChI=1S/C8H3BrF4O2/c9-4-2-1-3(5(10)6(4)11)8(12,13)7(14)15/h1-2H,(H,14,15). The molecule has 7 heteroatoms. The Morgan fingerprint density at radius 3 is 2.27 bits per heavy atom. The minimum absolute atomic E-state index is 0.357. The quantitative estimate of drug-likeness (QED) is 0.670. The summed E-state index contributed by atoms with van der Waals surface area (Å²) in [7, 11) is 0. The SMILES string of the molecule is O=C(O)C(F)(F)c1ccc(Br)c(F)c1F. The molecule has 2 nitrogen and oxygen atoms in total. The smallest absolute Gasteiger partial charge is 0.379 e. The highest BCUT2D eigenvalue weighted by molar-refractivity contribution is 9.10. The van der Waals surface area contributed by atoms with Crippen LogP contribution in [0.25, 0.3) is 0 Å². The minimum atomic E-state index is -4.45. The first-order valence-corrected chi connectivity index (χ1v) is 4.33. The predicted octanol–water partition coefficient (Wildman–Crippen LogP) is 2.90. The van der Waals surface area contributed by atoms with Crippen LogP contribution in [0.4, 0.5) is 17.6 Å². The number of carboxylic acids is 1. The Morgan fingerprint density at radius 2 is 1.80 bits per heavy atom. The molecule has 0 aliphatic heterocycles. The fourth-order valence-corrected chi connectivity index (χ4v) is 1.19. The maximum Gasteiger partial charge on any atom is 0.379 e. The predicted molar refractivity (Wildman–Crippen MR) is 45.6 cm³/mol. The lowest BCUT2D eigenvalue weighted by molar-refractivity contribution is -0.166. The van der Waals surface area contributed by atoms with Crippen LogP contribution in [0.2, 0.25) is 0 Å². The van der Waals surface area contributed by atoms with Crippen molar-refractivity contribution in [3.05, 3.63) is 33.8 Å². The van der Waals surface area contributed by atoms with Crippen molar-refractivity contribution < 1.29 is 27.5 Å². The summed E-state index contributed by atoms with van der Waals surface area (Å²) >= 11 is 2.58. The zero-order chi connectivity index (χ0) is 11.8. The molecule has 82 valence electrons. The van der Waals surface area contributed by atoms with E-state index in [1.165, 1.54) is 0 Å². The number of benzene rings is 1. The molecule has 1 N–H and O–H groups in total. The Labute approximate surface area is 89.6 Å². The monoisotopic (exact) mass is 286 g/mol. The lowest BCUT2D eigenvalue weighted by Gasteiger charge is -2.12. The van der Waals surface area contributed by atoms with E-state index < -0.39 is 29.1 Å². The Bertz CT molecular complexity index is 419. The van der Waals surface area contributed by atoms with E-state index in [-0.39, 0.29) is 4.47 Å². The van der Waals surface area contributed by atoms with Gasteiger partial charge in [0.1, 0.15) is 0 Å². The Hall–Kier alpha value is -1.11. The van der Waals surface area contributed by atoms with Gasteiger partial charge < -0.3 is 5.11 Å². The van der Waals surface area contributed by atoms with E-state index in [1.807, 2.05) is 0 Å². The van der Waals surface area contributed by atoms with Crippen molar-refractivity contribution in [2.24, 2.45) is 0 Å². The van der Waals surface area contributed by atoms with Gasteiger partial charge in [0.15, 0.2) is 11.6 Å². The van der Waals surface area contributed by atoms with Crippen LogP contribution in [0.3, 0.4) is 0 Å². The Kier molecular flexibility index (Phi) is 3.03. The normalized spacial score (nSPS) is 11.5. The molecule has 0 radical (unpaired) electrons. The van der Waals surface area contributed by atoms with Crippen molar-refractivity contribution >= 4 is 21.9 Å². The zero-order valence-corrected chi connectivity index (χ0v) is 8.49. The molecule has 0 heterocycles. The molecule has 1 aromatic carbocycles. The summed E-state index contributed by atoms with van der Waals surface area (Å²) in [5, 5.41) is 8.13. The number of hydrogen-bond acceptors (Lipinski definition) is 1. The van der Waals surface area contributed by atoms with Gasteiger partial charge in [-0.15, -0.1) is 0 Å². The molecular formula is C8H3BrF4O2. The molecule has 0 fully saturated rings. The first kappa shape index (κ1) is 12.0. The van der Waals surface area contributed by atoms with Crippen LogP contribution in [0.5, 0.6) is 0 Å². The van der Waals surface area contributed by atoms with Crippen molar-refractivity contribution in [2.45, 2.75) is 5.92 Å². The number of carbonyl (C=O) groups is 1. The first-order valence-electron chi connectivity index (χ1n) is 3.53. The fraction of sp³-hybridized carbons (Fsp3) is 0.125. The van der Waals surface area contributed by atoms with Crippen LogP contribution in [0, 0.1) is 11.6 Å². The summed E-state index contributed by atoms with van der Waals surface area (Å²) in [6, 6.07) is 1.32. The number of alkyl halides is 2. The van der Waals surface area contributed by atoms with E-state index in [2.05, 4.69) is 15.9 Å². The lowest BCUT2D eigenvalue weighted by atomic mass is 10.1. The van der Waals surface area contributed by atoms with Crippen LogP contribution in [0.15, 0.2) is 16.6 Å². The highest BCUT2D eigenvalue weighted by atomic mass is 79.9. The second-order valence-electron chi connectivity index (χ2n) is 2.60. The van der Waals surface area contributed by atoms with Crippen molar-refractivity contribution in [3.63, 3.8) is 0 Å². The highest BCUT2D eigenvalue weighted by Gasteiger charge is 2.44. The topological polar surface area (TPSA) is 37.3 Å². The summed E-state index contributed by atoms with van der Waals surface area (Å²) in [6.45, 7) is 0. The first-order chi connectivity index (χ1) is 6.78. The third kappa shape index (κ3) is 1.97. The van der Waals surface area contributed by atoms with Gasteiger partial charge >= 0.3 is 11.9 Å². The maximum atomic E-state index is 13.0. The maximum absolute atomic E-state index is 13.0. The van der Waals surface area contributed by atoms with E-state index in [4.69, 9.17) is 5.11 Å². The number of carboxylic acid groups (broad SMARTS) is 1. The molecule has 0 saturated heterocycles. The summed E-state index contributed by atoms with van der Waals surface area (Å²) in [6.07, 6.45) is 0. The third-order valence-corrected chi connectivity index (χ3v) is 2.25. The average molecular weight is 287 g/mol. The van der Waals surface area contributed by atoms with E-state index in [1.54, 1.807) is 0 Å². The molecule has 0 bridgehead atoms.